The number of hydrogen-bond donors (Lipinski definition) is 1. The average Bonchev–Trinajstić information content (AvgIpc) is 2.47. The minimum Gasteiger partial charge on any atom is -0.352 e. The smallest absolute Gasteiger partial charge is 0.251 e. The summed E-state index contributed by atoms with van der Waals surface area (Å²) in [6.07, 6.45) is 6.83. The molecule has 0 aromatic heterocycles. The van der Waals surface area contributed by atoms with Gasteiger partial charge in [-0.15, -0.1) is 0 Å². The third-order valence-electron chi connectivity index (χ3n) is 2.65. The van der Waals surface area contributed by atoms with Crippen LogP contribution < -0.4 is 5.32 Å². The van der Waals surface area contributed by atoms with Crippen molar-refractivity contribution < 1.29 is 4.79 Å². The van der Waals surface area contributed by atoms with E-state index in [1.165, 1.54) is 0 Å². The Labute approximate surface area is 123 Å². The van der Waals surface area contributed by atoms with Crippen LogP contribution in [0.1, 0.15) is 45.2 Å². The molecule has 2 heteroatoms. The molecule has 0 saturated carbocycles. The summed E-state index contributed by atoms with van der Waals surface area (Å²) in [4.78, 5) is 12.1. The van der Waals surface area contributed by atoms with Crippen molar-refractivity contribution in [3.8, 4) is 0 Å². The molecule has 0 unspecified atom stereocenters. The molecule has 0 radical (unpaired) electrons. The van der Waals surface area contributed by atoms with Crippen LogP contribution in [0, 0.1) is 6.92 Å². The zero-order valence-electron chi connectivity index (χ0n) is 13.4. The van der Waals surface area contributed by atoms with Gasteiger partial charge in [0.25, 0.3) is 5.91 Å². The summed E-state index contributed by atoms with van der Waals surface area (Å²) in [5, 5.41) is 2.86. The molecule has 0 saturated heterocycles. The van der Waals surface area contributed by atoms with Gasteiger partial charge in [-0.3, -0.25) is 4.79 Å². The molecule has 1 amide bonds. The summed E-state index contributed by atoms with van der Waals surface area (Å²) in [6, 6.07) is 7.94. The van der Waals surface area contributed by atoms with Gasteiger partial charge >= 0.3 is 0 Å². The van der Waals surface area contributed by atoms with Gasteiger partial charge in [0.05, 0.1) is 0 Å². The summed E-state index contributed by atoms with van der Waals surface area (Å²) in [7, 11) is 0. The Morgan fingerprint density at radius 2 is 1.85 bits per heavy atom. The average molecular weight is 273 g/mol. The van der Waals surface area contributed by atoms with E-state index < -0.39 is 0 Å². The lowest BCUT2D eigenvalue weighted by Crippen LogP contribution is -2.24. The van der Waals surface area contributed by atoms with Crippen LogP contribution >= 0.6 is 0 Å². The molecule has 0 spiro atoms. The van der Waals surface area contributed by atoms with Gasteiger partial charge in [-0.05, 0) is 37.5 Å². The lowest BCUT2D eigenvalue weighted by molar-refractivity contribution is -0.115. The monoisotopic (exact) mass is 273 g/mol. The third kappa shape index (κ3) is 5.87. The van der Waals surface area contributed by atoms with E-state index in [0.29, 0.717) is 6.54 Å². The number of benzene rings is 1. The molecule has 1 aromatic rings. The molecule has 1 N–H and O–H groups in total. The Morgan fingerprint density at radius 1 is 1.20 bits per heavy atom. The highest BCUT2D eigenvalue weighted by Gasteiger charge is 2.11. The van der Waals surface area contributed by atoms with Crippen LogP contribution in [0.2, 0.25) is 0 Å². The van der Waals surface area contributed by atoms with E-state index in [9.17, 15) is 4.79 Å². The number of carbonyl (C=O) groups is 1. The fourth-order valence-electron chi connectivity index (χ4n) is 1.72. The van der Waals surface area contributed by atoms with Gasteiger partial charge in [0.1, 0.15) is 0 Å². The Bertz CT molecular complexity index is 458. The van der Waals surface area contributed by atoms with Gasteiger partial charge in [-0.1, -0.05) is 57.2 Å². The maximum absolute atomic E-state index is 12.1. The second-order valence-corrected chi connectivity index (χ2v) is 4.09. The van der Waals surface area contributed by atoms with E-state index in [2.05, 4.69) is 12.2 Å². The molecule has 20 heavy (non-hydrogen) atoms. The number of hydrogen-bond acceptors (Lipinski definition) is 1. The zero-order valence-corrected chi connectivity index (χ0v) is 13.4. The molecule has 110 valence electrons. The van der Waals surface area contributed by atoms with E-state index in [1.807, 2.05) is 70.2 Å². The van der Waals surface area contributed by atoms with Gasteiger partial charge < -0.3 is 5.32 Å². The van der Waals surface area contributed by atoms with Crippen LogP contribution in [-0.2, 0) is 4.79 Å². The first-order chi connectivity index (χ1) is 9.70. The second kappa shape index (κ2) is 11.0. The second-order valence-electron chi connectivity index (χ2n) is 4.09. The Balaban J connectivity index is 0.00000172. The molecule has 2 nitrogen and oxygen atoms in total. The van der Waals surface area contributed by atoms with Gasteiger partial charge in [0.15, 0.2) is 0 Å². The summed E-state index contributed by atoms with van der Waals surface area (Å²) in [5.74, 6) is -0.0208. The van der Waals surface area contributed by atoms with E-state index >= 15 is 0 Å². The number of likely N-dealkylation sites (N-methyl/N-ethyl adjacent to an activating group) is 1. The molecule has 0 fully saturated rings. The van der Waals surface area contributed by atoms with Gasteiger partial charge in [-0.2, -0.15) is 0 Å². The molecule has 1 aromatic carbocycles. The van der Waals surface area contributed by atoms with Gasteiger partial charge in [-0.25, -0.2) is 0 Å². The first kappa shape index (κ1) is 18.2. The van der Waals surface area contributed by atoms with E-state index in [0.717, 1.165) is 23.1 Å². The minimum atomic E-state index is -0.0208. The molecule has 0 heterocycles. The quantitative estimate of drug-likeness (QED) is 0.621. The van der Waals surface area contributed by atoms with Crippen LogP contribution in [0.15, 0.2) is 42.5 Å². The Kier molecular flexibility index (Phi) is 10.0. The van der Waals surface area contributed by atoms with Crippen LogP contribution in [0.5, 0.6) is 0 Å². The van der Waals surface area contributed by atoms with Crippen molar-refractivity contribution in [2.45, 2.75) is 41.0 Å². The maximum Gasteiger partial charge on any atom is 0.251 e. The van der Waals surface area contributed by atoms with E-state index in [-0.39, 0.29) is 5.91 Å². The molecular formula is C18H27NO. The Hall–Kier alpha value is -1.83. The standard InChI is InChI=1S/C16H21NO.C2H6/c1-4-6-7-12-15(16(18)17-5-2)14-11-9-8-10-13(14)3;1-2/h6-12H,4-5H2,1-3H3,(H,17,18);1-2H3/b7-6+,15-12+;. The van der Waals surface area contributed by atoms with E-state index in [1.54, 1.807) is 0 Å². The fraction of sp³-hybridized carbons (Fsp3) is 0.389. The zero-order chi connectivity index (χ0) is 15.4. The number of carbonyl (C=O) groups excluding carboxylic acids is 1. The lowest BCUT2D eigenvalue weighted by Gasteiger charge is -2.09. The van der Waals surface area contributed by atoms with Crippen molar-refractivity contribution in [1.82, 2.24) is 5.32 Å². The Morgan fingerprint density at radius 3 is 2.40 bits per heavy atom. The molecule has 0 aliphatic heterocycles. The van der Waals surface area contributed by atoms with Crippen LogP contribution in [0.3, 0.4) is 0 Å². The minimum absolute atomic E-state index is 0.0208. The van der Waals surface area contributed by atoms with Crippen molar-refractivity contribution >= 4 is 11.5 Å². The number of rotatable bonds is 5. The highest BCUT2D eigenvalue weighted by Crippen LogP contribution is 2.19. The van der Waals surface area contributed by atoms with Crippen LogP contribution in [0.4, 0.5) is 0 Å². The van der Waals surface area contributed by atoms with Crippen molar-refractivity contribution in [1.29, 1.82) is 0 Å². The third-order valence-corrected chi connectivity index (χ3v) is 2.65. The number of aryl methyl sites for hydroxylation is 1. The van der Waals surface area contributed by atoms with Crippen LogP contribution in [-0.4, -0.2) is 12.5 Å². The molecule has 0 aliphatic carbocycles. The van der Waals surface area contributed by atoms with E-state index in [4.69, 9.17) is 0 Å². The molecule has 0 bridgehead atoms. The summed E-state index contributed by atoms with van der Waals surface area (Å²) >= 11 is 0. The normalized spacial score (nSPS) is 10.9. The van der Waals surface area contributed by atoms with Gasteiger partial charge in [0.2, 0.25) is 0 Å². The topological polar surface area (TPSA) is 29.1 Å². The molecular weight excluding hydrogens is 246 g/mol. The van der Waals surface area contributed by atoms with Crippen molar-refractivity contribution in [2.24, 2.45) is 0 Å². The molecule has 0 aliphatic rings. The summed E-state index contributed by atoms with van der Waals surface area (Å²) in [5.41, 5.74) is 2.82. The van der Waals surface area contributed by atoms with Crippen LogP contribution in [0.25, 0.3) is 5.57 Å². The fourth-order valence-corrected chi connectivity index (χ4v) is 1.72. The molecule has 0 atom stereocenters. The van der Waals surface area contributed by atoms with Crippen molar-refractivity contribution in [3.63, 3.8) is 0 Å². The lowest BCUT2D eigenvalue weighted by atomic mass is 9.99. The summed E-state index contributed by atoms with van der Waals surface area (Å²) < 4.78 is 0. The number of allylic oxidation sites excluding steroid dienone is 3. The first-order valence-corrected chi connectivity index (χ1v) is 7.41. The predicted molar refractivity (Wildman–Crippen MR) is 88.6 cm³/mol. The van der Waals surface area contributed by atoms with Crippen molar-refractivity contribution in [3.05, 3.63) is 53.6 Å². The maximum atomic E-state index is 12.1. The SMILES string of the molecule is CC.CC/C=C/C=C(/C(=O)NCC)c1ccccc1C. The first-order valence-electron chi connectivity index (χ1n) is 7.41. The highest BCUT2D eigenvalue weighted by molar-refractivity contribution is 6.20. The number of nitrogens with one attached hydrogen (secondary N) is 1. The summed E-state index contributed by atoms with van der Waals surface area (Å²) in [6.45, 7) is 10.7. The number of amides is 1. The predicted octanol–water partition coefficient (Wildman–Crippen LogP) is 4.51. The highest BCUT2D eigenvalue weighted by atomic mass is 16.1. The largest absolute Gasteiger partial charge is 0.352 e. The van der Waals surface area contributed by atoms with Crippen molar-refractivity contribution in [2.75, 3.05) is 6.54 Å². The molecule has 1 rings (SSSR count). The van der Waals surface area contributed by atoms with Gasteiger partial charge in [0, 0.05) is 12.1 Å².